The van der Waals surface area contributed by atoms with Crippen molar-refractivity contribution in [3.8, 4) is 5.75 Å². The van der Waals surface area contributed by atoms with E-state index in [0.717, 1.165) is 0 Å². The Kier molecular flexibility index (Phi) is 4.46. The number of sulfonamides is 1. The van der Waals surface area contributed by atoms with E-state index < -0.39 is 17.1 Å². The van der Waals surface area contributed by atoms with Crippen molar-refractivity contribution < 1.29 is 23.2 Å². The number of hydrogen-bond donors (Lipinski definition) is 2. The number of nitrogens with zero attached hydrogens (tertiary/aromatic N) is 1. The predicted octanol–water partition coefficient (Wildman–Crippen LogP) is -1.22. The van der Waals surface area contributed by atoms with Crippen LogP contribution in [0.2, 0.25) is 0 Å². The highest BCUT2D eigenvalue weighted by molar-refractivity contribution is 7.89. The molecule has 0 aromatic heterocycles. The van der Waals surface area contributed by atoms with Gasteiger partial charge in [-0.25, -0.2) is 8.42 Å². The summed E-state index contributed by atoms with van der Waals surface area (Å²) in [5.41, 5.74) is 0.384. The van der Waals surface area contributed by atoms with E-state index in [0.29, 0.717) is 30.7 Å². The van der Waals surface area contributed by atoms with Crippen LogP contribution in [0.25, 0.3) is 0 Å². The monoisotopic (exact) mass is 285 g/mol. The van der Waals surface area contributed by atoms with Crippen LogP contribution in [0.15, 0.2) is 24.3 Å². The van der Waals surface area contributed by atoms with Crippen molar-refractivity contribution in [1.82, 2.24) is 4.31 Å². The highest BCUT2D eigenvalue weighted by Crippen LogP contribution is 2.13. The largest absolute Gasteiger partial charge is 0.492 e. The van der Waals surface area contributed by atoms with Gasteiger partial charge in [-0.1, -0.05) is 12.1 Å². The lowest BCUT2D eigenvalue weighted by Crippen LogP contribution is -2.30. The number of hydrogen-bond acceptors (Lipinski definition) is 5. The van der Waals surface area contributed by atoms with E-state index in [4.69, 9.17) is 14.8 Å². The van der Waals surface area contributed by atoms with Crippen molar-refractivity contribution in [1.29, 1.82) is 0 Å². The second kappa shape index (κ2) is 5.91. The molecule has 0 spiro atoms. The lowest BCUT2D eigenvalue weighted by Gasteiger charge is -2.14. The van der Waals surface area contributed by atoms with Crippen molar-refractivity contribution in [3.05, 3.63) is 24.3 Å². The second-order valence-electron chi connectivity index (χ2n) is 4.36. The fourth-order valence-corrected chi connectivity index (χ4v) is 3.46. The van der Waals surface area contributed by atoms with Crippen molar-refractivity contribution in [2.45, 2.75) is 6.42 Å². The smallest absolute Gasteiger partial charge is 0.488 e. The molecule has 0 bridgehead atoms. The Balaban J connectivity index is 1.83. The van der Waals surface area contributed by atoms with Gasteiger partial charge in [0.05, 0.1) is 5.75 Å². The molecule has 0 saturated carbocycles. The summed E-state index contributed by atoms with van der Waals surface area (Å²) in [6.07, 6.45) is 0.672. The molecule has 1 aromatic carbocycles. The molecule has 0 atom stereocenters. The molecule has 2 rings (SSSR count). The zero-order valence-corrected chi connectivity index (χ0v) is 11.2. The third-order valence-corrected chi connectivity index (χ3v) is 4.95. The van der Waals surface area contributed by atoms with Gasteiger partial charge in [0.1, 0.15) is 12.4 Å². The fourth-order valence-electron chi connectivity index (χ4n) is 1.94. The normalized spacial score (nSPS) is 18.4. The summed E-state index contributed by atoms with van der Waals surface area (Å²) in [7, 11) is -4.57. The molecule has 1 aliphatic rings. The first-order chi connectivity index (χ1) is 8.99. The van der Waals surface area contributed by atoms with Crippen LogP contribution in [0.4, 0.5) is 0 Å². The average Bonchev–Trinajstić information content (AvgIpc) is 2.69. The van der Waals surface area contributed by atoms with Crippen molar-refractivity contribution >= 4 is 22.6 Å². The Morgan fingerprint density at radius 3 is 2.47 bits per heavy atom. The summed E-state index contributed by atoms with van der Waals surface area (Å²) in [5.74, 6) is 0.789. The van der Waals surface area contributed by atoms with E-state index in [1.165, 1.54) is 4.31 Å². The second-order valence-corrected chi connectivity index (χ2v) is 6.45. The Bertz CT molecular complexity index is 516. The molecule has 8 heteroatoms. The molecular formula is C11H16BNO5S. The van der Waals surface area contributed by atoms with Crippen LogP contribution in [-0.4, -0.2) is 55.3 Å². The van der Waals surface area contributed by atoms with E-state index in [1.54, 1.807) is 24.3 Å². The van der Waals surface area contributed by atoms with Crippen molar-refractivity contribution in [2.75, 3.05) is 25.4 Å². The summed E-state index contributed by atoms with van der Waals surface area (Å²) in [6.45, 7) is 1.17. The fraction of sp³-hybridized carbons (Fsp3) is 0.455. The quantitative estimate of drug-likeness (QED) is 0.662. The van der Waals surface area contributed by atoms with Crippen molar-refractivity contribution in [2.24, 2.45) is 0 Å². The molecule has 19 heavy (non-hydrogen) atoms. The molecular weight excluding hydrogens is 269 g/mol. The SMILES string of the molecule is O=S1(=O)CCCN1CCOc1ccc(B(O)O)cc1. The molecule has 1 aliphatic heterocycles. The maximum absolute atomic E-state index is 11.5. The Hall–Kier alpha value is -1.09. The van der Waals surface area contributed by atoms with Gasteiger partial charge in [0.25, 0.3) is 0 Å². The minimum Gasteiger partial charge on any atom is -0.492 e. The van der Waals surface area contributed by atoms with Gasteiger partial charge in [-0.2, -0.15) is 4.31 Å². The first-order valence-corrected chi connectivity index (χ1v) is 7.67. The van der Waals surface area contributed by atoms with Gasteiger partial charge in [-0.05, 0) is 24.0 Å². The molecule has 0 unspecified atom stereocenters. The third kappa shape index (κ3) is 3.69. The van der Waals surface area contributed by atoms with Gasteiger partial charge in [-0.15, -0.1) is 0 Å². The van der Waals surface area contributed by atoms with Crippen LogP contribution in [0.3, 0.4) is 0 Å². The third-order valence-electron chi connectivity index (χ3n) is 2.99. The number of benzene rings is 1. The van der Waals surface area contributed by atoms with E-state index in [2.05, 4.69) is 0 Å². The van der Waals surface area contributed by atoms with E-state index >= 15 is 0 Å². The molecule has 1 heterocycles. The molecule has 1 fully saturated rings. The van der Waals surface area contributed by atoms with Gasteiger partial charge in [-0.3, -0.25) is 0 Å². The van der Waals surface area contributed by atoms with Gasteiger partial charge in [0.15, 0.2) is 0 Å². The number of ether oxygens (including phenoxy) is 1. The summed E-state index contributed by atoms with van der Waals surface area (Å²) >= 11 is 0. The van der Waals surface area contributed by atoms with Gasteiger partial charge >= 0.3 is 7.12 Å². The van der Waals surface area contributed by atoms with E-state index in [9.17, 15) is 8.42 Å². The first kappa shape index (κ1) is 14.3. The highest BCUT2D eigenvalue weighted by atomic mass is 32.2. The molecule has 1 saturated heterocycles. The van der Waals surface area contributed by atoms with E-state index in [1.807, 2.05) is 0 Å². The molecule has 0 amide bonds. The lowest BCUT2D eigenvalue weighted by molar-refractivity contribution is 0.279. The summed E-state index contributed by atoms with van der Waals surface area (Å²) in [5, 5.41) is 17.9. The van der Waals surface area contributed by atoms with Crippen LogP contribution in [0.1, 0.15) is 6.42 Å². The van der Waals surface area contributed by atoms with E-state index in [-0.39, 0.29) is 12.4 Å². The highest BCUT2D eigenvalue weighted by Gasteiger charge is 2.27. The van der Waals surface area contributed by atoms with Crippen LogP contribution < -0.4 is 10.2 Å². The summed E-state index contributed by atoms with van der Waals surface area (Å²) in [6, 6.07) is 6.33. The molecule has 0 radical (unpaired) electrons. The summed E-state index contributed by atoms with van der Waals surface area (Å²) < 4.78 is 29.9. The number of rotatable bonds is 5. The van der Waals surface area contributed by atoms with Crippen LogP contribution in [-0.2, 0) is 10.0 Å². The Labute approximate surface area is 112 Å². The summed E-state index contributed by atoms with van der Waals surface area (Å²) in [4.78, 5) is 0. The standard InChI is InChI=1S/C11H16BNO5S/c14-12(15)10-2-4-11(5-3-10)18-8-7-13-6-1-9-19(13,16)17/h2-5,14-15H,1,6-9H2. The molecule has 104 valence electrons. The van der Waals surface area contributed by atoms with Gasteiger partial charge in [0, 0.05) is 13.1 Å². The predicted molar refractivity (Wildman–Crippen MR) is 71.7 cm³/mol. The zero-order chi connectivity index (χ0) is 13.9. The van der Waals surface area contributed by atoms with Gasteiger partial charge < -0.3 is 14.8 Å². The lowest BCUT2D eigenvalue weighted by atomic mass is 9.80. The van der Waals surface area contributed by atoms with Gasteiger partial charge in [0.2, 0.25) is 10.0 Å². The zero-order valence-electron chi connectivity index (χ0n) is 10.4. The van der Waals surface area contributed by atoms with Crippen LogP contribution in [0, 0.1) is 0 Å². The average molecular weight is 285 g/mol. The minimum absolute atomic E-state index is 0.218. The molecule has 1 aromatic rings. The first-order valence-electron chi connectivity index (χ1n) is 6.06. The minimum atomic E-state index is -3.07. The maximum Gasteiger partial charge on any atom is 0.488 e. The molecule has 2 N–H and O–H groups in total. The Morgan fingerprint density at radius 2 is 1.95 bits per heavy atom. The molecule has 0 aliphatic carbocycles. The van der Waals surface area contributed by atoms with Crippen LogP contribution in [0.5, 0.6) is 5.75 Å². The van der Waals surface area contributed by atoms with Crippen LogP contribution >= 0.6 is 0 Å². The maximum atomic E-state index is 11.5. The van der Waals surface area contributed by atoms with Crippen molar-refractivity contribution in [3.63, 3.8) is 0 Å². The molecule has 6 nitrogen and oxygen atoms in total. The topological polar surface area (TPSA) is 87.1 Å². The Morgan fingerprint density at radius 1 is 1.26 bits per heavy atom.